The number of thiophene rings is 1. The van der Waals surface area contributed by atoms with Crippen molar-refractivity contribution in [2.24, 2.45) is 0 Å². The molecular weight excluding hydrogens is 415 g/mol. The SMILES string of the molecule is Cc1cc(C(=O)N2CCN(S(=O)(=O)c3cc(Cl)ccc3Cl)CC2)c(C)s1. The van der Waals surface area contributed by atoms with Crippen molar-refractivity contribution in [3.63, 3.8) is 0 Å². The number of piperazine rings is 1. The van der Waals surface area contributed by atoms with Crippen LogP contribution >= 0.6 is 34.5 Å². The molecule has 1 aromatic carbocycles. The molecule has 1 aromatic heterocycles. The number of benzene rings is 1. The lowest BCUT2D eigenvalue weighted by Gasteiger charge is -2.34. The van der Waals surface area contributed by atoms with Crippen LogP contribution in [0.4, 0.5) is 0 Å². The molecule has 0 N–H and O–H groups in total. The van der Waals surface area contributed by atoms with Gasteiger partial charge in [0.1, 0.15) is 4.90 Å². The molecule has 2 heterocycles. The van der Waals surface area contributed by atoms with Gasteiger partial charge in [0.2, 0.25) is 10.0 Å². The van der Waals surface area contributed by atoms with Crippen molar-refractivity contribution in [2.45, 2.75) is 18.7 Å². The van der Waals surface area contributed by atoms with Gasteiger partial charge in [-0.05, 0) is 38.1 Å². The molecule has 0 aliphatic carbocycles. The van der Waals surface area contributed by atoms with Crippen LogP contribution in [0.5, 0.6) is 0 Å². The van der Waals surface area contributed by atoms with E-state index in [9.17, 15) is 13.2 Å². The Bertz CT molecular complexity index is 949. The monoisotopic (exact) mass is 432 g/mol. The first-order chi connectivity index (χ1) is 12.2. The third-order valence-corrected chi connectivity index (χ3v) is 7.89. The number of amides is 1. The van der Waals surface area contributed by atoms with Crippen molar-refractivity contribution in [1.82, 2.24) is 9.21 Å². The van der Waals surface area contributed by atoms with Gasteiger partial charge in [0.15, 0.2) is 0 Å². The second-order valence-corrected chi connectivity index (χ2v) is 10.3. The summed E-state index contributed by atoms with van der Waals surface area (Å²) in [6.45, 7) is 5.01. The molecule has 1 saturated heterocycles. The average Bonchev–Trinajstić information content (AvgIpc) is 2.94. The highest BCUT2D eigenvalue weighted by molar-refractivity contribution is 7.89. The molecule has 1 amide bonds. The van der Waals surface area contributed by atoms with Crippen LogP contribution < -0.4 is 0 Å². The smallest absolute Gasteiger partial charge is 0.255 e. The van der Waals surface area contributed by atoms with E-state index >= 15 is 0 Å². The fraction of sp³-hybridized carbons (Fsp3) is 0.353. The van der Waals surface area contributed by atoms with Gasteiger partial charge in [0.25, 0.3) is 5.91 Å². The first kappa shape index (κ1) is 19.6. The molecule has 0 bridgehead atoms. The molecule has 0 saturated carbocycles. The minimum Gasteiger partial charge on any atom is -0.336 e. The first-order valence-electron chi connectivity index (χ1n) is 8.01. The van der Waals surface area contributed by atoms with E-state index in [2.05, 4.69) is 0 Å². The standard InChI is InChI=1S/C17H18Cl2N2O3S2/c1-11-9-14(12(2)25-11)17(22)20-5-7-21(8-6-20)26(23,24)16-10-13(18)3-4-15(16)19/h3-4,9-10H,5-8H2,1-2H3. The maximum absolute atomic E-state index is 12.8. The van der Waals surface area contributed by atoms with Gasteiger partial charge in [-0.25, -0.2) is 8.42 Å². The predicted molar refractivity (Wildman–Crippen MR) is 105 cm³/mol. The second kappa shape index (κ2) is 7.48. The van der Waals surface area contributed by atoms with Crippen molar-refractivity contribution in [2.75, 3.05) is 26.2 Å². The Morgan fingerprint density at radius 3 is 2.31 bits per heavy atom. The quantitative estimate of drug-likeness (QED) is 0.740. The van der Waals surface area contributed by atoms with Crippen LogP contribution in [0.3, 0.4) is 0 Å². The van der Waals surface area contributed by atoms with Crippen LogP contribution in [0.1, 0.15) is 20.1 Å². The highest BCUT2D eigenvalue weighted by Gasteiger charge is 2.32. The number of sulfonamides is 1. The van der Waals surface area contributed by atoms with Gasteiger partial charge in [0.05, 0.1) is 10.6 Å². The van der Waals surface area contributed by atoms with Crippen LogP contribution in [-0.4, -0.2) is 49.7 Å². The molecule has 5 nitrogen and oxygen atoms in total. The summed E-state index contributed by atoms with van der Waals surface area (Å²) < 4.78 is 27.0. The molecule has 3 rings (SSSR count). The van der Waals surface area contributed by atoms with Crippen LogP contribution in [0.2, 0.25) is 10.0 Å². The minimum atomic E-state index is -3.75. The normalized spacial score (nSPS) is 16.1. The van der Waals surface area contributed by atoms with E-state index in [4.69, 9.17) is 23.2 Å². The summed E-state index contributed by atoms with van der Waals surface area (Å²) in [6, 6.07) is 6.26. The lowest BCUT2D eigenvalue weighted by Crippen LogP contribution is -2.50. The van der Waals surface area contributed by atoms with Crippen molar-refractivity contribution in [3.8, 4) is 0 Å². The summed E-state index contributed by atoms with van der Waals surface area (Å²) in [6.07, 6.45) is 0. The zero-order valence-electron chi connectivity index (χ0n) is 14.3. The van der Waals surface area contributed by atoms with E-state index in [0.717, 1.165) is 9.75 Å². The number of rotatable bonds is 3. The summed E-state index contributed by atoms with van der Waals surface area (Å²) in [5.41, 5.74) is 0.696. The Morgan fingerprint density at radius 1 is 1.08 bits per heavy atom. The third kappa shape index (κ3) is 3.77. The van der Waals surface area contributed by atoms with Gasteiger partial charge >= 0.3 is 0 Å². The van der Waals surface area contributed by atoms with Crippen LogP contribution in [0.15, 0.2) is 29.2 Å². The fourth-order valence-corrected chi connectivity index (χ4v) is 6.03. The molecule has 0 radical (unpaired) electrons. The van der Waals surface area contributed by atoms with E-state index < -0.39 is 10.0 Å². The van der Waals surface area contributed by atoms with Crippen molar-refractivity contribution in [3.05, 3.63) is 49.6 Å². The van der Waals surface area contributed by atoms with Crippen molar-refractivity contribution in [1.29, 1.82) is 0 Å². The lowest BCUT2D eigenvalue weighted by atomic mass is 10.2. The highest BCUT2D eigenvalue weighted by Crippen LogP contribution is 2.29. The van der Waals surface area contributed by atoms with Gasteiger partial charge in [-0.2, -0.15) is 4.31 Å². The number of nitrogens with zero attached hydrogens (tertiary/aromatic N) is 2. The summed E-state index contributed by atoms with van der Waals surface area (Å²) in [5, 5.41) is 0.447. The van der Waals surface area contributed by atoms with Crippen LogP contribution in [-0.2, 0) is 10.0 Å². The molecule has 0 unspecified atom stereocenters. The second-order valence-electron chi connectivity index (χ2n) is 6.10. The zero-order valence-corrected chi connectivity index (χ0v) is 17.5. The van der Waals surface area contributed by atoms with E-state index in [1.165, 1.54) is 16.4 Å². The topological polar surface area (TPSA) is 57.7 Å². The first-order valence-corrected chi connectivity index (χ1v) is 11.0. The molecule has 9 heteroatoms. The van der Waals surface area contributed by atoms with Crippen LogP contribution in [0.25, 0.3) is 0 Å². The lowest BCUT2D eigenvalue weighted by molar-refractivity contribution is 0.0697. The van der Waals surface area contributed by atoms with Crippen molar-refractivity contribution < 1.29 is 13.2 Å². The molecule has 0 atom stereocenters. The maximum atomic E-state index is 12.8. The van der Waals surface area contributed by atoms with Gasteiger partial charge in [0, 0.05) is 41.0 Å². The maximum Gasteiger partial charge on any atom is 0.255 e. The largest absolute Gasteiger partial charge is 0.336 e. The average molecular weight is 433 g/mol. The molecular formula is C17H18Cl2N2O3S2. The molecule has 1 fully saturated rings. The minimum absolute atomic E-state index is 0.00394. The number of hydrogen-bond donors (Lipinski definition) is 0. The molecule has 26 heavy (non-hydrogen) atoms. The van der Waals surface area contributed by atoms with E-state index in [1.54, 1.807) is 22.3 Å². The van der Waals surface area contributed by atoms with Crippen molar-refractivity contribution >= 4 is 50.5 Å². The zero-order chi connectivity index (χ0) is 19.1. The fourth-order valence-electron chi connectivity index (χ4n) is 2.96. The summed E-state index contributed by atoms with van der Waals surface area (Å²) >= 11 is 13.6. The summed E-state index contributed by atoms with van der Waals surface area (Å²) in [4.78, 5) is 16.4. The molecule has 1 aliphatic heterocycles. The van der Waals surface area contributed by atoms with Gasteiger partial charge in [-0.15, -0.1) is 11.3 Å². The number of carbonyl (C=O) groups excluding carboxylic acids is 1. The van der Waals surface area contributed by atoms with E-state index in [1.807, 2.05) is 19.9 Å². The Balaban J connectivity index is 1.75. The summed E-state index contributed by atoms with van der Waals surface area (Å²) in [5.74, 6) is -0.0512. The molecule has 0 spiro atoms. The molecule has 2 aromatic rings. The van der Waals surface area contributed by atoms with Crippen LogP contribution in [0, 0.1) is 13.8 Å². The Hall–Kier alpha value is -1.12. The molecule has 1 aliphatic rings. The number of carbonyl (C=O) groups is 1. The van der Waals surface area contributed by atoms with Gasteiger partial charge < -0.3 is 4.90 Å². The van der Waals surface area contributed by atoms with Gasteiger partial charge in [-0.3, -0.25) is 4.79 Å². The predicted octanol–water partition coefficient (Wildman–Crippen LogP) is 3.82. The molecule has 140 valence electrons. The van der Waals surface area contributed by atoms with E-state index in [-0.39, 0.29) is 28.9 Å². The Morgan fingerprint density at radius 2 is 1.73 bits per heavy atom. The number of hydrogen-bond acceptors (Lipinski definition) is 4. The number of aryl methyl sites for hydroxylation is 2. The number of halogens is 2. The Kier molecular flexibility index (Phi) is 5.65. The summed E-state index contributed by atoms with van der Waals surface area (Å²) in [7, 11) is -3.75. The highest BCUT2D eigenvalue weighted by atomic mass is 35.5. The van der Waals surface area contributed by atoms with E-state index in [0.29, 0.717) is 23.7 Å². The van der Waals surface area contributed by atoms with Gasteiger partial charge in [-0.1, -0.05) is 23.2 Å². The third-order valence-electron chi connectivity index (χ3n) is 4.31. The Labute approximate surface area is 167 Å².